The van der Waals surface area contributed by atoms with E-state index in [2.05, 4.69) is 10.2 Å². The molecule has 0 aromatic heterocycles. The molecule has 148 valence electrons. The summed E-state index contributed by atoms with van der Waals surface area (Å²) in [5.41, 5.74) is 1.80. The number of carbonyl (C=O) groups is 1. The zero-order valence-corrected chi connectivity index (χ0v) is 15.3. The van der Waals surface area contributed by atoms with E-state index in [0.29, 0.717) is 18.8 Å². The van der Waals surface area contributed by atoms with Crippen LogP contribution in [-0.2, 0) is 9.53 Å². The molecule has 2 aromatic rings. The van der Waals surface area contributed by atoms with Crippen LogP contribution in [0.3, 0.4) is 0 Å². The van der Waals surface area contributed by atoms with Gasteiger partial charge in [0.1, 0.15) is 11.6 Å². The Morgan fingerprint density at radius 1 is 1.21 bits per heavy atom. The lowest BCUT2D eigenvalue weighted by Gasteiger charge is -2.29. The van der Waals surface area contributed by atoms with Gasteiger partial charge in [-0.25, -0.2) is 8.78 Å². The highest BCUT2D eigenvalue weighted by Crippen LogP contribution is 2.21. The van der Waals surface area contributed by atoms with E-state index in [-0.39, 0.29) is 12.1 Å². The van der Waals surface area contributed by atoms with Crippen LogP contribution in [0.15, 0.2) is 48.5 Å². The topological polar surface area (TPSA) is 61.8 Å². The Balaban J connectivity index is 1.55. The van der Waals surface area contributed by atoms with E-state index in [1.165, 1.54) is 12.1 Å². The van der Waals surface area contributed by atoms with Gasteiger partial charge < -0.3 is 20.1 Å². The quantitative estimate of drug-likeness (QED) is 0.747. The Morgan fingerprint density at radius 2 is 2.00 bits per heavy atom. The SMILES string of the molecule is O=C(C=Cc1ccc(F)cc1F)NCC(O)c1cccc(N2CCOCC2)c1. The van der Waals surface area contributed by atoms with Crippen LogP contribution in [0.1, 0.15) is 17.2 Å². The summed E-state index contributed by atoms with van der Waals surface area (Å²) >= 11 is 0. The zero-order chi connectivity index (χ0) is 19.9. The van der Waals surface area contributed by atoms with Gasteiger partial charge in [-0.15, -0.1) is 0 Å². The number of nitrogens with zero attached hydrogens (tertiary/aromatic N) is 1. The van der Waals surface area contributed by atoms with Gasteiger partial charge in [-0.3, -0.25) is 4.79 Å². The summed E-state index contributed by atoms with van der Waals surface area (Å²) in [4.78, 5) is 14.1. The van der Waals surface area contributed by atoms with E-state index in [1.807, 2.05) is 18.2 Å². The maximum absolute atomic E-state index is 13.6. The maximum Gasteiger partial charge on any atom is 0.244 e. The van der Waals surface area contributed by atoms with Gasteiger partial charge in [0.25, 0.3) is 0 Å². The molecule has 1 fully saturated rings. The second-order valence-electron chi connectivity index (χ2n) is 6.45. The van der Waals surface area contributed by atoms with Crippen LogP contribution in [0.25, 0.3) is 6.08 Å². The second kappa shape index (κ2) is 9.43. The molecule has 3 rings (SSSR count). The number of rotatable bonds is 6. The van der Waals surface area contributed by atoms with E-state index in [9.17, 15) is 18.7 Å². The third-order valence-corrected chi connectivity index (χ3v) is 4.48. The van der Waals surface area contributed by atoms with Crippen molar-refractivity contribution in [2.75, 3.05) is 37.7 Å². The number of halogens is 2. The fourth-order valence-corrected chi connectivity index (χ4v) is 2.93. The largest absolute Gasteiger partial charge is 0.387 e. The third-order valence-electron chi connectivity index (χ3n) is 4.48. The fraction of sp³-hybridized carbons (Fsp3) is 0.286. The number of benzene rings is 2. The van der Waals surface area contributed by atoms with Gasteiger partial charge in [-0.1, -0.05) is 12.1 Å². The summed E-state index contributed by atoms with van der Waals surface area (Å²) in [6, 6.07) is 10.6. The minimum atomic E-state index is -0.874. The molecule has 1 unspecified atom stereocenters. The van der Waals surface area contributed by atoms with Crippen LogP contribution in [-0.4, -0.2) is 43.9 Å². The van der Waals surface area contributed by atoms with Crippen LogP contribution in [0.2, 0.25) is 0 Å². The number of hydrogen-bond donors (Lipinski definition) is 2. The smallest absolute Gasteiger partial charge is 0.244 e. The molecule has 28 heavy (non-hydrogen) atoms. The molecule has 5 nitrogen and oxygen atoms in total. The number of hydrogen-bond acceptors (Lipinski definition) is 4. The highest BCUT2D eigenvalue weighted by Gasteiger charge is 2.14. The molecule has 7 heteroatoms. The second-order valence-corrected chi connectivity index (χ2v) is 6.45. The summed E-state index contributed by atoms with van der Waals surface area (Å²) in [5, 5.41) is 12.9. The number of ether oxygens (including phenoxy) is 1. The lowest BCUT2D eigenvalue weighted by molar-refractivity contribution is -0.116. The Morgan fingerprint density at radius 3 is 2.75 bits per heavy atom. The molecular formula is C21H22F2N2O3. The van der Waals surface area contributed by atoms with E-state index >= 15 is 0 Å². The monoisotopic (exact) mass is 388 g/mol. The number of carbonyl (C=O) groups excluding carboxylic acids is 1. The van der Waals surface area contributed by atoms with Gasteiger partial charge in [0.05, 0.1) is 19.3 Å². The zero-order valence-electron chi connectivity index (χ0n) is 15.3. The lowest BCUT2D eigenvalue weighted by atomic mass is 10.1. The number of anilines is 1. The standard InChI is InChI=1S/C21H22F2N2O3/c22-17-6-4-15(19(23)13-17)5-7-21(27)24-14-20(26)16-2-1-3-18(12-16)25-8-10-28-11-9-25/h1-7,12-13,20,26H,8-11,14H2,(H,24,27). The van der Waals surface area contributed by atoms with Gasteiger partial charge >= 0.3 is 0 Å². The van der Waals surface area contributed by atoms with Crippen molar-refractivity contribution in [1.82, 2.24) is 5.32 Å². The molecular weight excluding hydrogens is 366 g/mol. The van der Waals surface area contributed by atoms with Crippen molar-refractivity contribution in [2.45, 2.75) is 6.10 Å². The minimum absolute atomic E-state index is 0.0155. The van der Waals surface area contributed by atoms with Crippen LogP contribution in [0.5, 0.6) is 0 Å². The molecule has 1 aliphatic rings. The molecule has 1 atom stereocenters. The molecule has 0 aliphatic carbocycles. The van der Waals surface area contributed by atoms with Crippen molar-refractivity contribution in [3.8, 4) is 0 Å². The number of aliphatic hydroxyl groups excluding tert-OH is 1. The molecule has 1 aliphatic heterocycles. The van der Waals surface area contributed by atoms with Crippen LogP contribution in [0.4, 0.5) is 14.5 Å². The van der Waals surface area contributed by atoms with Crippen LogP contribution < -0.4 is 10.2 Å². The third kappa shape index (κ3) is 5.37. The first-order valence-electron chi connectivity index (χ1n) is 9.04. The van der Waals surface area contributed by atoms with Gasteiger partial charge in [-0.2, -0.15) is 0 Å². The molecule has 2 N–H and O–H groups in total. The molecule has 0 spiro atoms. The molecule has 1 heterocycles. The average Bonchev–Trinajstić information content (AvgIpc) is 2.72. The first-order chi connectivity index (χ1) is 13.5. The molecule has 1 amide bonds. The van der Waals surface area contributed by atoms with Crippen LogP contribution >= 0.6 is 0 Å². The van der Waals surface area contributed by atoms with Crippen molar-refractivity contribution < 1.29 is 23.4 Å². The van der Waals surface area contributed by atoms with Crippen molar-refractivity contribution in [2.24, 2.45) is 0 Å². The summed E-state index contributed by atoms with van der Waals surface area (Å²) in [7, 11) is 0. The first-order valence-corrected chi connectivity index (χ1v) is 9.04. The predicted octanol–water partition coefficient (Wildman–Crippen LogP) is 2.66. The molecule has 2 aromatic carbocycles. The van der Waals surface area contributed by atoms with E-state index in [4.69, 9.17) is 4.74 Å². The predicted molar refractivity (Wildman–Crippen MR) is 103 cm³/mol. The fourth-order valence-electron chi connectivity index (χ4n) is 2.93. The highest BCUT2D eigenvalue weighted by atomic mass is 19.1. The Labute approximate surface area is 162 Å². The molecule has 0 radical (unpaired) electrons. The van der Waals surface area contributed by atoms with Gasteiger partial charge in [0.2, 0.25) is 5.91 Å². The molecule has 1 saturated heterocycles. The van der Waals surface area contributed by atoms with Gasteiger partial charge in [0.15, 0.2) is 0 Å². The van der Waals surface area contributed by atoms with Crippen molar-refractivity contribution in [1.29, 1.82) is 0 Å². The number of nitrogens with one attached hydrogen (secondary N) is 1. The average molecular weight is 388 g/mol. The van der Waals surface area contributed by atoms with E-state index < -0.39 is 23.6 Å². The summed E-state index contributed by atoms with van der Waals surface area (Å²) < 4.78 is 31.8. The normalized spacial score (nSPS) is 15.6. The molecule has 0 saturated carbocycles. The Hall–Kier alpha value is -2.77. The van der Waals surface area contributed by atoms with Gasteiger partial charge in [0, 0.05) is 43.0 Å². The van der Waals surface area contributed by atoms with E-state index in [1.54, 1.807) is 6.07 Å². The van der Waals surface area contributed by atoms with Crippen molar-refractivity contribution in [3.63, 3.8) is 0 Å². The summed E-state index contributed by atoms with van der Waals surface area (Å²) in [6.07, 6.45) is 1.53. The maximum atomic E-state index is 13.6. The van der Waals surface area contributed by atoms with Crippen molar-refractivity contribution >= 4 is 17.7 Å². The first kappa shape index (κ1) is 20.0. The highest BCUT2D eigenvalue weighted by molar-refractivity contribution is 5.91. The van der Waals surface area contributed by atoms with E-state index in [0.717, 1.165) is 37.0 Å². The Bertz CT molecular complexity index is 851. The summed E-state index contributed by atoms with van der Waals surface area (Å²) in [5.74, 6) is -1.90. The summed E-state index contributed by atoms with van der Waals surface area (Å²) in [6.45, 7) is 2.94. The Kier molecular flexibility index (Phi) is 6.73. The van der Waals surface area contributed by atoms with Crippen molar-refractivity contribution in [3.05, 3.63) is 71.3 Å². The number of amides is 1. The minimum Gasteiger partial charge on any atom is -0.387 e. The van der Waals surface area contributed by atoms with Crippen LogP contribution in [0, 0.1) is 11.6 Å². The van der Waals surface area contributed by atoms with Gasteiger partial charge in [-0.05, 0) is 35.9 Å². The molecule has 0 bridgehead atoms. The number of morpholine rings is 1. The number of aliphatic hydroxyl groups is 1. The lowest BCUT2D eigenvalue weighted by Crippen LogP contribution is -2.36.